The average molecular weight is 369 g/mol. The molecule has 1 atom stereocenters. The van der Waals surface area contributed by atoms with Crippen LogP contribution in [-0.4, -0.2) is 60.5 Å². The number of carbonyl (C=O) groups is 2. The van der Waals surface area contributed by atoms with E-state index in [1.54, 1.807) is 9.80 Å². The van der Waals surface area contributed by atoms with Gasteiger partial charge in [-0.15, -0.1) is 0 Å². The van der Waals surface area contributed by atoms with Crippen molar-refractivity contribution in [2.75, 3.05) is 32.8 Å². The van der Waals surface area contributed by atoms with Crippen molar-refractivity contribution in [3.05, 3.63) is 34.6 Å². The molecule has 0 N–H and O–H groups in total. The summed E-state index contributed by atoms with van der Waals surface area (Å²) in [6, 6.07) is 3.96. The van der Waals surface area contributed by atoms with Gasteiger partial charge in [0.2, 0.25) is 5.91 Å². The molecule has 2 aliphatic rings. The zero-order valence-electron chi connectivity index (χ0n) is 14.0. The molecule has 0 radical (unpaired) electrons. The standard InChI is InChI=1S/C18H22ClFN2O3/c19-13-3-5-16(20)15(12-13)18(24)22-9-7-21(8-10-22)17(23)6-4-14-2-1-11-25-14/h3,5,12,14H,1-2,4,6-11H2. The Morgan fingerprint density at radius 2 is 1.92 bits per heavy atom. The topological polar surface area (TPSA) is 49.9 Å². The van der Waals surface area contributed by atoms with Crippen LogP contribution in [0.3, 0.4) is 0 Å². The summed E-state index contributed by atoms with van der Waals surface area (Å²) in [5, 5.41) is 0.327. The molecule has 0 aromatic heterocycles. The number of benzene rings is 1. The number of hydrogen-bond donors (Lipinski definition) is 0. The van der Waals surface area contributed by atoms with Crippen LogP contribution in [0.15, 0.2) is 18.2 Å². The van der Waals surface area contributed by atoms with Gasteiger partial charge in [0.05, 0.1) is 11.7 Å². The van der Waals surface area contributed by atoms with E-state index >= 15 is 0 Å². The van der Waals surface area contributed by atoms with Crippen LogP contribution in [0.4, 0.5) is 4.39 Å². The molecule has 0 spiro atoms. The Bertz CT molecular complexity index is 641. The largest absolute Gasteiger partial charge is 0.378 e. The van der Waals surface area contributed by atoms with E-state index in [2.05, 4.69) is 0 Å². The van der Waals surface area contributed by atoms with Crippen LogP contribution in [0.2, 0.25) is 5.02 Å². The van der Waals surface area contributed by atoms with Gasteiger partial charge in [0, 0.05) is 44.2 Å². The summed E-state index contributed by atoms with van der Waals surface area (Å²) in [4.78, 5) is 28.1. The molecule has 2 fully saturated rings. The van der Waals surface area contributed by atoms with Crippen LogP contribution in [0.1, 0.15) is 36.0 Å². The summed E-state index contributed by atoms with van der Waals surface area (Å²) < 4.78 is 19.4. The lowest BCUT2D eigenvalue weighted by Crippen LogP contribution is -2.50. The van der Waals surface area contributed by atoms with Gasteiger partial charge in [-0.05, 0) is 37.5 Å². The number of ether oxygens (including phenoxy) is 1. The van der Waals surface area contributed by atoms with Crippen LogP contribution in [0, 0.1) is 5.82 Å². The van der Waals surface area contributed by atoms with Crippen LogP contribution in [0.5, 0.6) is 0 Å². The zero-order chi connectivity index (χ0) is 17.8. The second kappa shape index (κ2) is 8.15. The lowest BCUT2D eigenvalue weighted by atomic mass is 10.1. The van der Waals surface area contributed by atoms with E-state index in [9.17, 15) is 14.0 Å². The molecule has 2 heterocycles. The highest BCUT2D eigenvalue weighted by Crippen LogP contribution is 2.19. The van der Waals surface area contributed by atoms with E-state index in [1.807, 2.05) is 0 Å². The number of halogens is 2. The van der Waals surface area contributed by atoms with E-state index in [4.69, 9.17) is 16.3 Å². The van der Waals surface area contributed by atoms with Crippen LogP contribution in [-0.2, 0) is 9.53 Å². The second-order valence-corrected chi connectivity index (χ2v) is 6.91. The quantitative estimate of drug-likeness (QED) is 0.821. The Kier molecular flexibility index (Phi) is 5.91. The van der Waals surface area contributed by atoms with Gasteiger partial charge >= 0.3 is 0 Å². The predicted octanol–water partition coefficient (Wildman–Crippen LogP) is 2.72. The van der Waals surface area contributed by atoms with Gasteiger partial charge in [-0.1, -0.05) is 11.6 Å². The molecule has 136 valence electrons. The molecule has 1 aromatic carbocycles. The first-order valence-corrected chi connectivity index (χ1v) is 9.06. The molecule has 2 amide bonds. The SMILES string of the molecule is O=C(CCC1CCCO1)N1CCN(C(=O)c2cc(Cl)ccc2F)CC1. The van der Waals surface area contributed by atoms with Crippen molar-refractivity contribution in [3.63, 3.8) is 0 Å². The Balaban J connectivity index is 1.50. The third kappa shape index (κ3) is 4.50. The summed E-state index contributed by atoms with van der Waals surface area (Å²) in [6.07, 6.45) is 3.53. The second-order valence-electron chi connectivity index (χ2n) is 6.47. The summed E-state index contributed by atoms with van der Waals surface area (Å²) in [7, 11) is 0. The first kappa shape index (κ1) is 18.1. The smallest absolute Gasteiger partial charge is 0.257 e. The Morgan fingerprint density at radius 3 is 2.60 bits per heavy atom. The Labute approximate surface area is 151 Å². The highest BCUT2D eigenvalue weighted by Gasteiger charge is 2.27. The molecule has 0 saturated carbocycles. The van der Waals surface area contributed by atoms with Gasteiger partial charge in [0.1, 0.15) is 5.82 Å². The first-order valence-electron chi connectivity index (χ1n) is 8.68. The maximum Gasteiger partial charge on any atom is 0.257 e. The molecule has 2 saturated heterocycles. The number of rotatable bonds is 4. The molecular formula is C18H22ClFN2O3. The fourth-order valence-electron chi connectivity index (χ4n) is 3.31. The number of piperazine rings is 1. The zero-order valence-corrected chi connectivity index (χ0v) is 14.8. The van der Waals surface area contributed by atoms with Crippen LogP contribution in [0.25, 0.3) is 0 Å². The van der Waals surface area contributed by atoms with Crippen molar-refractivity contribution in [2.24, 2.45) is 0 Å². The average Bonchev–Trinajstić information content (AvgIpc) is 3.15. The monoisotopic (exact) mass is 368 g/mol. The van der Waals surface area contributed by atoms with E-state index in [1.165, 1.54) is 18.2 Å². The minimum absolute atomic E-state index is 0.0225. The lowest BCUT2D eigenvalue weighted by Gasteiger charge is -2.35. The Hall–Kier alpha value is -1.66. The summed E-state index contributed by atoms with van der Waals surface area (Å²) in [5.74, 6) is -0.868. The van der Waals surface area contributed by atoms with E-state index < -0.39 is 5.82 Å². The van der Waals surface area contributed by atoms with Gasteiger partial charge in [-0.2, -0.15) is 0 Å². The van der Waals surface area contributed by atoms with Gasteiger partial charge in [-0.3, -0.25) is 9.59 Å². The van der Waals surface area contributed by atoms with Crippen molar-refractivity contribution in [3.8, 4) is 0 Å². The maximum absolute atomic E-state index is 13.8. The normalized spacial score (nSPS) is 20.8. The van der Waals surface area contributed by atoms with Crippen molar-refractivity contribution in [1.29, 1.82) is 0 Å². The molecule has 7 heteroatoms. The van der Waals surface area contributed by atoms with Gasteiger partial charge in [-0.25, -0.2) is 4.39 Å². The summed E-state index contributed by atoms with van der Waals surface area (Å²) >= 11 is 5.85. The van der Waals surface area contributed by atoms with Crippen LogP contribution >= 0.6 is 11.6 Å². The molecule has 25 heavy (non-hydrogen) atoms. The van der Waals surface area contributed by atoms with E-state index in [0.29, 0.717) is 37.6 Å². The van der Waals surface area contributed by atoms with E-state index in [0.717, 1.165) is 25.9 Å². The third-order valence-electron chi connectivity index (χ3n) is 4.78. The van der Waals surface area contributed by atoms with Gasteiger partial charge in [0.25, 0.3) is 5.91 Å². The van der Waals surface area contributed by atoms with Crippen molar-refractivity contribution < 1.29 is 18.7 Å². The third-order valence-corrected chi connectivity index (χ3v) is 5.02. The molecular weight excluding hydrogens is 347 g/mol. The predicted molar refractivity (Wildman–Crippen MR) is 92.1 cm³/mol. The molecule has 5 nitrogen and oxygen atoms in total. The molecule has 3 rings (SSSR count). The highest BCUT2D eigenvalue weighted by atomic mass is 35.5. The molecule has 0 bridgehead atoms. The molecule has 1 unspecified atom stereocenters. The minimum atomic E-state index is -0.579. The fourth-order valence-corrected chi connectivity index (χ4v) is 3.48. The van der Waals surface area contributed by atoms with Gasteiger partial charge < -0.3 is 14.5 Å². The highest BCUT2D eigenvalue weighted by molar-refractivity contribution is 6.31. The molecule has 0 aliphatic carbocycles. The summed E-state index contributed by atoms with van der Waals surface area (Å²) in [5.41, 5.74) is -0.0225. The fraction of sp³-hybridized carbons (Fsp3) is 0.556. The number of nitrogens with zero attached hydrogens (tertiary/aromatic N) is 2. The number of carbonyl (C=O) groups excluding carboxylic acids is 2. The van der Waals surface area contributed by atoms with Crippen molar-refractivity contribution in [2.45, 2.75) is 31.8 Å². The van der Waals surface area contributed by atoms with E-state index in [-0.39, 0.29) is 23.5 Å². The van der Waals surface area contributed by atoms with Crippen molar-refractivity contribution in [1.82, 2.24) is 9.80 Å². The maximum atomic E-state index is 13.8. The molecule has 1 aromatic rings. The molecule has 2 aliphatic heterocycles. The Morgan fingerprint density at radius 1 is 1.20 bits per heavy atom. The van der Waals surface area contributed by atoms with Crippen LogP contribution < -0.4 is 0 Å². The summed E-state index contributed by atoms with van der Waals surface area (Å²) in [6.45, 7) is 2.53. The number of amides is 2. The van der Waals surface area contributed by atoms with Crippen molar-refractivity contribution >= 4 is 23.4 Å². The minimum Gasteiger partial charge on any atom is -0.378 e. The van der Waals surface area contributed by atoms with Gasteiger partial charge in [0.15, 0.2) is 0 Å². The number of hydrogen-bond acceptors (Lipinski definition) is 3. The lowest BCUT2D eigenvalue weighted by molar-refractivity contribution is -0.133. The first-order chi connectivity index (χ1) is 12.0.